The van der Waals surface area contributed by atoms with Gasteiger partial charge in [-0.25, -0.2) is 0 Å². The monoisotopic (exact) mass is 1030 g/mol. The number of ether oxygens (including phenoxy) is 1. The van der Waals surface area contributed by atoms with E-state index in [1.165, 1.54) is 283 Å². The van der Waals surface area contributed by atoms with Crippen LogP contribution in [0.2, 0.25) is 0 Å². The fourth-order valence-corrected chi connectivity index (χ4v) is 10.4. The average molecular weight is 1030 g/mol. The van der Waals surface area contributed by atoms with Gasteiger partial charge >= 0.3 is 5.97 Å². The smallest absolute Gasteiger partial charge is 0.305 e. The minimum Gasteiger partial charge on any atom is -0.466 e. The zero-order valence-corrected chi connectivity index (χ0v) is 49.4. The van der Waals surface area contributed by atoms with Crippen LogP contribution in [0.25, 0.3) is 0 Å². The van der Waals surface area contributed by atoms with Gasteiger partial charge in [0.25, 0.3) is 0 Å². The molecule has 6 nitrogen and oxygen atoms in total. The van der Waals surface area contributed by atoms with Crippen molar-refractivity contribution in [2.24, 2.45) is 0 Å². The highest BCUT2D eigenvalue weighted by Gasteiger charge is 2.20. The number of aliphatic hydroxyl groups is 2. The molecule has 432 valence electrons. The Hall–Kier alpha value is -1.66. The SMILES string of the molecule is CCC/C=C\C/C=C\CCCCCCCC(=O)OCCCCCCCCCCCCCCCCCCCCCCCCCCCCCCCC(=O)NC(CO)C(O)CCCCCCCCCCCCCCCC. The molecule has 0 rings (SSSR count). The van der Waals surface area contributed by atoms with Gasteiger partial charge in [0.05, 0.1) is 25.4 Å². The van der Waals surface area contributed by atoms with Crippen molar-refractivity contribution in [2.75, 3.05) is 13.2 Å². The van der Waals surface area contributed by atoms with Crippen LogP contribution in [0.15, 0.2) is 24.3 Å². The first-order valence-corrected chi connectivity index (χ1v) is 33.1. The zero-order chi connectivity index (χ0) is 52.9. The molecule has 0 aromatic carbocycles. The molecule has 2 unspecified atom stereocenters. The van der Waals surface area contributed by atoms with Gasteiger partial charge in [-0.05, 0) is 51.4 Å². The summed E-state index contributed by atoms with van der Waals surface area (Å²) < 4.78 is 5.47. The Morgan fingerprint density at radius 2 is 0.712 bits per heavy atom. The predicted molar refractivity (Wildman–Crippen MR) is 320 cm³/mol. The van der Waals surface area contributed by atoms with E-state index < -0.39 is 12.1 Å². The van der Waals surface area contributed by atoms with Crippen molar-refractivity contribution >= 4 is 11.9 Å². The van der Waals surface area contributed by atoms with E-state index in [1.54, 1.807) is 0 Å². The van der Waals surface area contributed by atoms with Gasteiger partial charge in [-0.2, -0.15) is 0 Å². The van der Waals surface area contributed by atoms with Crippen LogP contribution >= 0.6 is 0 Å². The molecule has 0 aliphatic carbocycles. The Morgan fingerprint density at radius 3 is 1.10 bits per heavy atom. The van der Waals surface area contributed by atoms with Gasteiger partial charge in [0, 0.05) is 12.8 Å². The summed E-state index contributed by atoms with van der Waals surface area (Å²) in [6.45, 7) is 4.91. The van der Waals surface area contributed by atoms with Gasteiger partial charge in [0.15, 0.2) is 0 Å². The molecule has 0 bridgehead atoms. The largest absolute Gasteiger partial charge is 0.466 e. The van der Waals surface area contributed by atoms with Crippen molar-refractivity contribution in [3.8, 4) is 0 Å². The van der Waals surface area contributed by atoms with E-state index in [9.17, 15) is 19.8 Å². The highest BCUT2D eigenvalue weighted by Crippen LogP contribution is 2.19. The minimum atomic E-state index is -0.661. The second-order valence-electron chi connectivity index (χ2n) is 22.8. The van der Waals surface area contributed by atoms with E-state index >= 15 is 0 Å². The maximum Gasteiger partial charge on any atom is 0.305 e. The van der Waals surface area contributed by atoms with Crippen LogP contribution in [-0.2, 0) is 14.3 Å². The van der Waals surface area contributed by atoms with E-state index in [0.717, 1.165) is 51.4 Å². The number of carbonyl (C=O) groups is 2. The lowest BCUT2D eigenvalue weighted by molar-refractivity contribution is -0.143. The Morgan fingerprint density at radius 1 is 0.384 bits per heavy atom. The molecule has 0 radical (unpaired) electrons. The number of esters is 1. The Labute approximate surface area is 456 Å². The molecule has 0 saturated heterocycles. The lowest BCUT2D eigenvalue weighted by atomic mass is 10.0. The molecule has 0 saturated carbocycles. The van der Waals surface area contributed by atoms with Crippen LogP contribution < -0.4 is 5.32 Å². The first-order chi connectivity index (χ1) is 36.0. The van der Waals surface area contributed by atoms with Crippen molar-refractivity contribution in [3.05, 3.63) is 24.3 Å². The number of allylic oxidation sites excluding steroid dienone is 4. The van der Waals surface area contributed by atoms with E-state index in [4.69, 9.17) is 4.74 Å². The van der Waals surface area contributed by atoms with Crippen LogP contribution in [-0.4, -0.2) is 47.4 Å². The molecule has 0 aromatic rings. The number of rotatable bonds is 62. The third-order valence-corrected chi connectivity index (χ3v) is 15.5. The van der Waals surface area contributed by atoms with Gasteiger partial charge in [-0.15, -0.1) is 0 Å². The highest BCUT2D eigenvalue weighted by molar-refractivity contribution is 5.76. The number of hydrogen-bond acceptors (Lipinski definition) is 5. The summed E-state index contributed by atoms with van der Waals surface area (Å²) in [5.74, 6) is -0.0249. The summed E-state index contributed by atoms with van der Waals surface area (Å²) in [5.41, 5.74) is 0. The second-order valence-corrected chi connectivity index (χ2v) is 22.8. The number of carbonyl (C=O) groups excluding carboxylic acids is 2. The average Bonchev–Trinajstić information content (AvgIpc) is 3.39. The fourth-order valence-electron chi connectivity index (χ4n) is 10.4. The molecule has 3 N–H and O–H groups in total. The topological polar surface area (TPSA) is 95.9 Å². The number of nitrogens with one attached hydrogen (secondary N) is 1. The Kier molecular flexibility index (Phi) is 61.4. The summed E-state index contributed by atoms with van der Waals surface area (Å²) in [6, 6.07) is -0.538. The zero-order valence-electron chi connectivity index (χ0n) is 49.4. The Bertz CT molecular complexity index is 1140. The molecule has 0 aromatic heterocycles. The van der Waals surface area contributed by atoms with Crippen LogP contribution in [0.1, 0.15) is 367 Å². The lowest BCUT2D eigenvalue weighted by Gasteiger charge is -2.22. The molecule has 0 aliphatic heterocycles. The molecular formula is C67H129NO5. The third-order valence-electron chi connectivity index (χ3n) is 15.5. The van der Waals surface area contributed by atoms with Crippen LogP contribution in [0.5, 0.6) is 0 Å². The number of amides is 1. The summed E-state index contributed by atoms with van der Waals surface area (Å²) >= 11 is 0. The normalized spacial score (nSPS) is 12.7. The Balaban J connectivity index is 3.33. The van der Waals surface area contributed by atoms with Gasteiger partial charge < -0.3 is 20.3 Å². The molecule has 1 amide bonds. The minimum absolute atomic E-state index is 0.00442. The quantitative estimate of drug-likeness (QED) is 0.0320. The van der Waals surface area contributed by atoms with E-state index in [2.05, 4.69) is 43.5 Å². The van der Waals surface area contributed by atoms with Gasteiger partial charge in [0.1, 0.15) is 0 Å². The maximum atomic E-state index is 12.5. The van der Waals surface area contributed by atoms with E-state index in [1.807, 2.05) is 0 Å². The van der Waals surface area contributed by atoms with Crippen molar-refractivity contribution in [3.63, 3.8) is 0 Å². The molecule has 0 spiro atoms. The van der Waals surface area contributed by atoms with Crippen LogP contribution in [0.3, 0.4) is 0 Å². The molecular weight excluding hydrogens is 899 g/mol. The second kappa shape index (κ2) is 62.9. The number of hydrogen-bond donors (Lipinski definition) is 3. The first-order valence-electron chi connectivity index (χ1n) is 33.1. The summed E-state index contributed by atoms with van der Waals surface area (Å²) in [4.78, 5) is 24.5. The van der Waals surface area contributed by atoms with Gasteiger partial charge in [-0.3, -0.25) is 9.59 Å². The van der Waals surface area contributed by atoms with Crippen molar-refractivity contribution in [2.45, 2.75) is 379 Å². The highest BCUT2D eigenvalue weighted by atomic mass is 16.5. The first kappa shape index (κ1) is 71.3. The van der Waals surface area contributed by atoms with Gasteiger partial charge in [0.2, 0.25) is 5.91 Å². The summed E-state index contributed by atoms with van der Waals surface area (Å²) in [7, 11) is 0. The number of aliphatic hydroxyl groups excluding tert-OH is 2. The lowest BCUT2D eigenvalue weighted by Crippen LogP contribution is -2.45. The molecule has 0 heterocycles. The van der Waals surface area contributed by atoms with E-state index in [-0.39, 0.29) is 18.5 Å². The molecule has 2 atom stereocenters. The van der Waals surface area contributed by atoms with Crippen molar-refractivity contribution in [1.82, 2.24) is 5.32 Å². The predicted octanol–water partition coefficient (Wildman–Crippen LogP) is 21.0. The molecule has 6 heteroatoms. The summed E-state index contributed by atoms with van der Waals surface area (Å²) in [5, 5.41) is 23.3. The molecule has 0 aliphatic rings. The van der Waals surface area contributed by atoms with Crippen LogP contribution in [0, 0.1) is 0 Å². The van der Waals surface area contributed by atoms with Crippen molar-refractivity contribution in [1.29, 1.82) is 0 Å². The van der Waals surface area contributed by atoms with E-state index in [0.29, 0.717) is 25.9 Å². The third kappa shape index (κ3) is 59.4. The molecule has 0 fully saturated rings. The van der Waals surface area contributed by atoms with Crippen molar-refractivity contribution < 1.29 is 24.5 Å². The van der Waals surface area contributed by atoms with Crippen LogP contribution in [0.4, 0.5) is 0 Å². The molecule has 73 heavy (non-hydrogen) atoms. The summed E-state index contributed by atoms with van der Waals surface area (Å²) in [6.07, 6.45) is 77.9. The fraction of sp³-hybridized carbons (Fsp3) is 0.910. The maximum absolute atomic E-state index is 12.5. The standard InChI is InChI=1S/C67H129NO5/c1-3-5-7-9-11-13-15-17-36-39-43-47-51-55-59-65(70)64(63-69)68-66(71)60-56-52-48-44-40-37-33-31-29-27-25-23-21-19-18-20-22-24-26-28-30-32-34-38-42-46-50-54-58-62-73-67(72)61-57-53-49-45-41-35-16-14-12-10-8-6-4-2/h8,10,14,16,64-65,69-70H,3-7,9,11-13,15,17-63H2,1-2H3,(H,68,71)/b10-8-,16-14-. The van der Waals surface area contributed by atoms with Gasteiger partial charge in [-0.1, -0.05) is 327 Å². The number of unbranched alkanes of at least 4 members (excludes halogenated alkanes) is 47.